The third kappa shape index (κ3) is 16.7. The largest absolute Gasteiger partial charge is 0.544 e. The first-order chi connectivity index (χ1) is 20.7. The zero-order valence-corrected chi connectivity index (χ0v) is 28.3. The van der Waals surface area contributed by atoms with E-state index in [1.54, 1.807) is 20.8 Å². The van der Waals surface area contributed by atoms with Gasteiger partial charge in [-0.2, -0.15) is 0 Å². The fourth-order valence-corrected chi connectivity index (χ4v) is 6.96. The molecule has 43 heavy (non-hydrogen) atoms. The van der Waals surface area contributed by atoms with Crippen molar-refractivity contribution in [2.45, 2.75) is 193 Å². The third-order valence-electron chi connectivity index (χ3n) is 9.30. The zero-order valence-electron chi connectivity index (χ0n) is 28.3. The third-order valence-corrected chi connectivity index (χ3v) is 9.30. The van der Waals surface area contributed by atoms with E-state index < -0.39 is 40.5 Å². The van der Waals surface area contributed by atoms with Crippen LogP contribution in [0.15, 0.2) is 12.2 Å². The Hall–Kier alpha value is -1.89. The van der Waals surface area contributed by atoms with E-state index in [0.29, 0.717) is 6.42 Å². The molecule has 0 radical (unpaired) electrons. The Labute approximate surface area is 264 Å². The molecular weight excluding hydrogens is 542 g/mol. The number of carbonyl (C=O) groups is 3. The molecule has 7 heteroatoms. The number of unbranched alkanes of at least 4 members (excludes halogenated alkanes) is 18. The minimum Gasteiger partial charge on any atom is -0.544 e. The van der Waals surface area contributed by atoms with Crippen LogP contribution in [-0.4, -0.2) is 57.3 Å². The van der Waals surface area contributed by atoms with Crippen LogP contribution in [0, 0.1) is 0 Å². The van der Waals surface area contributed by atoms with Crippen molar-refractivity contribution in [3.63, 3.8) is 0 Å². The minimum atomic E-state index is -1.36. The average Bonchev–Trinajstić information content (AvgIpc) is 2.96. The molecule has 0 aromatic rings. The normalized spacial score (nSPS) is 15.3. The molecule has 0 amide bonds. The fraction of sp³-hybridized carbons (Fsp3) is 0.861. The Kier molecular flexibility index (Phi) is 25.3. The van der Waals surface area contributed by atoms with Crippen molar-refractivity contribution in [2.75, 3.05) is 6.54 Å². The van der Waals surface area contributed by atoms with Crippen LogP contribution in [0.1, 0.15) is 175 Å². The van der Waals surface area contributed by atoms with Crippen molar-refractivity contribution in [3.05, 3.63) is 12.2 Å². The van der Waals surface area contributed by atoms with Crippen molar-refractivity contribution in [1.82, 2.24) is 0 Å². The molecule has 0 saturated carbocycles. The fourth-order valence-electron chi connectivity index (χ4n) is 6.96. The van der Waals surface area contributed by atoms with Crippen LogP contribution in [0.4, 0.5) is 0 Å². The molecule has 3 atom stereocenters. The highest BCUT2D eigenvalue weighted by Crippen LogP contribution is 2.32. The summed E-state index contributed by atoms with van der Waals surface area (Å²) >= 11 is 0. The second kappa shape index (κ2) is 26.5. The number of allylic oxidation sites excluding steroid dienone is 2. The SMILES string of the molecule is CCCCCC/C=C/CCCCCCCCCCCCCCCC[N+](C(CC)C(=O)[O-])(C(CC)C(=O)O)C(CC)C(=O)O. The lowest BCUT2D eigenvalue weighted by Gasteiger charge is -2.51. The standard InChI is InChI=1S/C36H67NO6/c1-5-9-10-11-12-13-14-15-16-17-18-19-20-21-22-23-24-25-26-27-28-29-30-37(31(6-2)34(38)39,32(7-3)35(40)41)33(8-4)36(42)43/h13-14,31-33H,5-12,15-30H2,1-4H3,(H2-,38,39,40,41,42,43)/b14-13+. The molecule has 0 aromatic carbocycles. The highest BCUT2D eigenvalue weighted by Gasteiger charge is 2.53. The predicted octanol–water partition coefficient (Wildman–Crippen LogP) is 8.44. The van der Waals surface area contributed by atoms with Gasteiger partial charge in [0, 0.05) is 19.3 Å². The molecule has 252 valence electrons. The van der Waals surface area contributed by atoms with E-state index in [9.17, 15) is 29.7 Å². The molecule has 0 aromatic heterocycles. The number of hydrogen-bond donors (Lipinski definition) is 2. The summed E-state index contributed by atoms with van der Waals surface area (Å²) in [5, 5.41) is 32.2. The molecule has 0 aliphatic heterocycles. The topological polar surface area (TPSA) is 115 Å². The molecule has 0 aliphatic rings. The summed E-state index contributed by atoms with van der Waals surface area (Å²) in [5.41, 5.74) is 0. The number of quaternary nitrogens is 1. The predicted molar refractivity (Wildman–Crippen MR) is 175 cm³/mol. The number of rotatable bonds is 31. The van der Waals surface area contributed by atoms with E-state index in [1.165, 1.54) is 103 Å². The molecule has 0 saturated heterocycles. The van der Waals surface area contributed by atoms with Crippen LogP contribution in [0.25, 0.3) is 0 Å². The number of hydrogen-bond acceptors (Lipinski definition) is 4. The van der Waals surface area contributed by atoms with Crippen molar-refractivity contribution >= 4 is 17.9 Å². The Morgan fingerprint density at radius 2 is 0.860 bits per heavy atom. The average molecular weight is 610 g/mol. The van der Waals surface area contributed by atoms with Crippen LogP contribution in [0.3, 0.4) is 0 Å². The first-order valence-electron chi connectivity index (χ1n) is 17.9. The summed E-state index contributed by atoms with van der Waals surface area (Å²) in [4.78, 5) is 36.7. The first kappa shape index (κ1) is 41.1. The molecule has 0 fully saturated rings. The van der Waals surface area contributed by atoms with Crippen molar-refractivity contribution in [1.29, 1.82) is 0 Å². The van der Waals surface area contributed by atoms with Crippen LogP contribution in [0.5, 0.6) is 0 Å². The zero-order chi connectivity index (χ0) is 32.3. The van der Waals surface area contributed by atoms with E-state index in [0.717, 1.165) is 19.3 Å². The number of carboxylic acids is 3. The van der Waals surface area contributed by atoms with Crippen molar-refractivity contribution in [3.8, 4) is 0 Å². The lowest BCUT2D eigenvalue weighted by Crippen LogP contribution is -2.73. The van der Waals surface area contributed by atoms with Crippen LogP contribution < -0.4 is 5.11 Å². The van der Waals surface area contributed by atoms with Gasteiger partial charge in [0.05, 0.1) is 12.5 Å². The molecule has 3 unspecified atom stereocenters. The summed E-state index contributed by atoms with van der Waals surface area (Å²) in [7, 11) is 0. The maximum atomic E-state index is 12.3. The van der Waals surface area contributed by atoms with Gasteiger partial charge in [0.25, 0.3) is 0 Å². The highest BCUT2D eigenvalue weighted by molar-refractivity contribution is 5.77. The first-order valence-corrected chi connectivity index (χ1v) is 17.9. The molecule has 0 spiro atoms. The van der Waals surface area contributed by atoms with E-state index >= 15 is 0 Å². The van der Waals surface area contributed by atoms with E-state index in [1.807, 2.05) is 0 Å². The summed E-state index contributed by atoms with van der Waals surface area (Å²) in [6.45, 7) is 7.54. The smallest absolute Gasteiger partial charge is 0.362 e. The van der Waals surface area contributed by atoms with E-state index in [-0.39, 0.29) is 25.8 Å². The maximum absolute atomic E-state index is 12.3. The summed E-state index contributed by atoms with van der Waals surface area (Å²) < 4.78 is -0.466. The van der Waals surface area contributed by atoms with Crippen LogP contribution in [0.2, 0.25) is 0 Å². The van der Waals surface area contributed by atoms with Gasteiger partial charge in [-0.3, -0.25) is 4.48 Å². The van der Waals surface area contributed by atoms with Gasteiger partial charge in [0.1, 0.15) is 6.04 Å². The Morgan fingerprint density at radius 3 is 1.16 bits per heavy atom. The highest BCUT2D eigenvalue weighted by atomic mass is 16.4. The molecule has 0 heterocycles. The van der Waals surface area contributed by atoms with Gasteiger partial charge >= 0.3 is 11.9 Å². The van der Waals surface area contributed by atoms with Gasteiger partial charge in [-0.05, 0) is 38.5 Å². The molecule has 0 aliphatic carbocycles. The summed E-state index contributed by atoms with van der Waals surface area (Å²) in [5.74, 6) is -3.64. The second-order valence-corrected chi connectivity index (χ2v) is 12.5. The van der Waals surface area contributed by atoms with Gasteiger partial charge in [0.2, 0.25) is 0 Å². The Morgan fingerprint density at radius 1 is 0.535 bits per heavy atom. The van der Waals surface area contributed by atoms with Gasteiger partial charge in [-0.25, -0.2) is 9.59 Å². The lowest BCUT2D eigenvalue weighted by atomic mass is 9.93. The Bertz CT molecular complexity index is 697. The molecule has 2 N–H and O–H groups in total. The lowest BCUT2D eigenvalue weighted by molar-refractivity contribution is -0.974. The van der Waals surface area contributed by atoms with Gasteiger partial charge in [-0.1, -0.05) is 130 Å². The minimum absolute atomic E-state index is 0.132. The molecule has 0 bridgehead atoms. The van der Waals surface area contributed by atoms with Crippen molar-refractivity contribution in [2.24, 2.45) is 0 Å². The summed E-state index contributed by atoms with van der Waals surface area (Å²) in [6.07, 6.45) is 29.5. The number of carbonyl (C=O) groups excluding carboxylic acids is 1. The maximum Gasteiger partial charge on any atom is 0.362 e. The van der Waals surface area contributed by atoms with E-state index in [4.69, 9.17) is 0 Å². The quantitative estimate of drug-likeness (QED) is 0.0463. The Balaban J connectivity index is 4.29. The van der Waals surface area contributed by atoms with Crippen LogP contribution in [-0.2, 0) is 14.4 Å². The van der Waals surface area contributed by atoms with Gasteiger partial charge in [0.15, 0.2) is 12.1 Å². The molecular formula is C36H67NO6. The monoisotopic (exact) mass is 609 g/mol. The summed E-state index contributed by atoms with van der Waals surface area (Å²) in [6, 6.07) is -3.37. The van der Waals surface area contributed by atoms with Crippen molar-refractivity contribution < 1.29 is 34.2 Å². The second-order valence-electron chi connectivity index (χ2n) is 12.5. The molecule has 0 rings (SSSR count). The van der Waals surface area contributed by atoms with E-state index in [2.05, 4.69) is 19.1 Å². The van der Waals surface area contributed by atoms with Crippen LogP contribution >= 0.6 is 0 Å². The number of aliphatic carboxylic acids is 3. The molecule has 7 nitrogen and oxygen atoms in total. The van der Waals surface area contributed by atoms with Gasteiger partial charge < -0.3 is 20.1 Å². The number of carboxylic acid groups (broad SMARTS) is 3. The number of nitrogens with zero attached hydrogens (tertiary/aromatic N) is 1. The van der Waals surface area contributed by atoms with Gasteiger partial charge in [-0.15, -0.1) is 0 Å².